The molecule has 5 rings (SSSR count). The quantitative estimate of drug-likeness (QED) is 0.139. The van der Waals surface area contributed by atoms with Crippen molar-refractivity contribution in [3.8, 4) is 0 Å². The molecule has 1 aliphatic carbocycles. The van der Waals surface area contributed by atoms with E-state index in [-0.39, 0.29) is 29.5 Å². The Kier molecular flexibility index (Phi) is 10.4. The van der Waals surface area contributed by atoms with Gasteiger partial charge in [0.25, 0.3) is 8.32 Å². The van der Waals surface area contributed by atoms with E-state index in [1.54, 1.807) is 0 Å². The Morgan fingerprint density at radius 1 is 0.953 bits per heavy atom. The summed E-state index contributed by atoms with van der Waals surface area (Å²) in [5.74, 6) is 1.53. The maximum Gasteiger partial charge on any atom is 0.262 e. The van der Waals surface area contributed by atoms with Gasteiger partial charge >= 0.3 is 0 Å². The molecule has 3 fully saturated rings. The second kappa shape index (κ2) is 13.8. The Morgan fingerprint density at radius 3 is 2.21 bits per heavy atom. The van der Waals surface area contributed by atoms with Crippen molar-refractivity contribution in [1.82, 2.24) is 0 Å². The van der Waals surface area contributed by atoms with Gasteiger partial charge in [0.1, 0.15) is 6.10 Å². The normalized spacial score (nSPS) is 27.7. The number of hydrogen-bond donors (Lipinski definition) is 0. The molecule has 2 saturated heterocycles. The second-order valence-corrected chi connectivity index (χ2v) is 18.5. The van der Waals surface area contributed by atoms with Crippen molar-refractivity contribution in [2.24, 2.45) is 11.8 Å². The summed E-state index contributed by atoms with van der Waals surface area (Å²) in [5.41, 5.74) is -0.444. The Hall–Kier alpha value is -2.18. The summed E-state index contributed by atoms with van der Waals surface area (Å²) in [6.07, 6.45) is 14.5. The topological polar surface area (TPSA) is 36.9 Å². The number of rotatable bonds is 12. The summed E-state index contributed by atoms with van der Waals surface area (Å²) in [5, 5.41) is 2.55. The van der Waals surface area contributed by atoms with Crippen molar-refractivity contribution in [1.29, 1.82) is 0 Å². The summed E-state index contributed by atoms with van der Waals surface area (Å²) in [7, 11) is -2.75. The molecule has 3 aliphatic rings. The highest BCUT2D eigenvalue weighted by Gasteiger charge is 2.54. The first-order valence-corrected chi connectivity index (χ1v) is 18.7. The molecule has 2 aliphatic heterocycles. The first kappa shape index (κ1) is 32.2. The van der Waals surface area contributed by atoms with Gasteiger partial charge in [0.2, 0.25) is 0 Å². The molecule has 4 nitrogen and oxygen atoms in total. The van der Waals surface area contributed by atoms with Crippen LogP contribution in [0.3, 0.4) is 0 Å². The van der Waals surface area contributed by atoms with Crippen molar-refractivity contribution >= 4 is 18.7 Å². The van der Waals surface area contributed by atoms with Gasteiger partial charge < -0.3 is 18.6 Å². The zero-order valence-electron chi connectivity index (χ0n) is 27.2. The van der Waals surface area contributed by atoms with Gasteiger partial charge in [-0.2, -0.15) is 0 Å². The third-order valence-electron chi connectivity index (χ3n) is 9.86. The van der Waals surface area contributed by atoms with Crippen molar-refractivity contribution in [2.75, 3.05) is 6.61 Å². The molecule has 43 heavy (non-hydrogen) atoms. The fourth-order valence-electron chi connectivity index (χ4n) is 7.65. The van der Waals surface area contributed by atoms with Gasteiger partial charge in [-0.25, -0.2) is 0 Å². The molecule has 6 atom stereocenters. The van der Waals surface area contributed by atoms with Crippen LogP contribution in [0.1, 0.15) is 92.4 Å². The van der Waals surface area contributed by atoms with E-state index >= 15 is 0 Å². The average molecular weight is 603 g/mol. The van der Waals surface area contributed by atoms with Crippen molar-refractivity contribution < 1.29 is 18.6 Å². The molecule has 234 valence electrons. The van der Waals surface area contributed by atoms with E-state index in [4.69, 9.17) is 18.6 Å². The molecule has 5 heteroatoms. The van der Waals surface area contributed by atoms with Crippen molar-refractivity contribution in [3.05, 3.63) is 85.2 Å². The van der Waals surface area contributed by atoms with Crippen LogP contribution in [0.5, 0.6) is 0 Å². The van der Waals surface area contributed by atoms with Gasteiger partial charge in [0.05, 0.1) is 17.5 Å². The zero-order chi connectivity index (χ0) is 30.5. The van der Waals surface area contributed by atoms with Crippen LogP contribution in [-0.4, -0.2) is 39.0 Å². The molecule has 0 aromatic heterocycles. The first-order chi connectivity index (χ1) is 20.6. The van der Waals surface area contributed by atoms with Crippen LogP contribution < -0.4 is 10.4 Å². The van der Waals surface area contributed by atoms with E-state index in [2.05, 4.69) is 114 Å². The smallest absolute Gasteiger partial charge is 0.262 e. The number of allylic oxidation sites excluding steroid dienone is 1. The highest BCUT2D eigenvalue weighted by Crippen LogP contribution is 2.48. The number of fused-ring (bicyclic) bond motifs is 1. The lowest BCUT2D eigenvalue weighted by Crippen LogP contribution is -2.69. The lowest BCUT2D eigenvalue weighted by Gasteiger charge is -2.48. The maximum absolute atomic E-state index is 7.82. The van der Waals surface area contributed by atoms with Gasteiger partial charge in [-0.05, 0) is 48.0 Å². The van der Waals surface area contributed by atoms with Crippen LogP contribution in [0.2, 0.25) is 5.04 Å². The number of unbranched alkanes of at least 4 members (excludes halogenated alkanes) is 2. The van der Waals surface area contributed by atoms with Gasteiger partial charge in [0.15, 0.2) is 6.29 Å². The Labute approximate surface area is 262 Å². The minimum Gasteiger partial charge on any atom is -0.495 e. The lowest BCUT2D eigenvalue weighted by atomic mass is 9.88. The SMILES string of the molecule is C=C1C[C@@H]2[C@@H](/C=C/C(C)(CCCCC)O[Si](c3ccccc3)(c3ccccc3)C(C)(C)C)[C@H](OC3CCCCO3)C[C@@H]2O1. The van der Waals surface area contributed by atoms with Crippen LogP contribution in [0.4, 0.5) is 0 Å². The minimum atomic E-state index is -2.75. The number of hydrogen-bond acceptors (Lipinski definition) is 4. The van der Waals surface area contributed by atoms with E-state index < -0.39 is 13.9 Å². The third kappa shape index (κ3) is 7.22. The molecule has 0 amide bonds. The van der Waals surface area contributed by atoms with Crippen LogP contribution in [0.25, 0.3) is 0 Å². The first-order valence-electron chi connectivity index (χ1n) is 16.8. The molecule has 2 heterocycles. The molecule has 2 unspecified atom stereocenters. The Bertz CT molecular complexity index is 1160. The highest BCUT2D eigenvalue weighted by atomic mass is 28.4. The summed E-state index contributed by atoms with van der Waals surface area (Å²) < 4.78 is 26.7. The van der Waals surface area contributed by atoms with E-state index in [1.165, 1.54) is 29.6 Å². The maximum atomic E-state index is 7.82. The largest absolute Gasteiger partial charge is 0.495 e. The fourth-order valence-corrected chi connectivity index (χ4v) is 12.4. The van der Waals surface area contributed by atoms with Crippen LogP contribution >= 0.6 is 0 Å². The van der Waals surface area contributed by atoms with E-state index in [0.717, 1.165) is 50.9 Å². The molecule has 0 spiro atoms. The van der Waals surface area contributed by atoms with Crippen molar-refractivity contribution in [3.63, 3.8) is 0 Å². The van der Waals surface area contributed by atoms with E-state index in [1.807, 2.05) is 0 Å². The predicted molar refractivity (Wildman–Crippen MR) is 179 cm³/mol. The Balaban J connectivity index is 1.53. The van der Waals surface area contributed by atoms with Gasteiger partial charge in [-0.15, -0.1) is 0 Å². The average Bonchev–Trinajstić information content (AvgIpc) is 3.51. The number of benzene rings is 2. The monoisotopic (exact) mass is 602 g/mol. The van der Waals surface area contributed by atoms with Gasteiger partial charge in [0, 0.05) is 31.3 Å². The van der Waals surface area contributed by atoms with Crippen LogP contribution in [0.15, 0.2) is 85.2 Å². The van der Waals surface area contributed by atoms with Crippen LogP contribution in [-0.2, 0) is 18.6 Å². The second-order valence-electron chi connectivity index (χ2n) is 14.2. The minimum absolute atomic E-state index is 0.0789. The molecule has 0 bridgehead atoms. The van der Waals surface area contributed by atoms with Crippen molar-refractivity contribution in [2.45, 2.75) is 122 Å². The summed E-state index contributed by atoms with van der Waals surface area (Å²) in [6.45, 7) is 16.7. The molecule has 2 aromatic carbocycles. The van der Waals surface area contributed by atoms with E-state index in [9.17, 15) is 0 Å². The molecule has 0 N–H and O–H groups in total. The zero-order valence-corrected chi connectivity index (χ0v) is 28.2. The number of ether oxygens (including phenoxy) is 3. The van der Waals surface area contributed by atoms with E-state index in [0.29, 0.717) is 5.92 Å². The molecular formula is C38H54O4Si. The molecule has 2 aromatic rings. The molecule has 0 radical (unpaired) electrons. The predicted octanol–water partition coefficient (Wildman–Crippen LogP) is 8.31. The molecule has 1 saturated carbocycles. The standard InChI is InChI=1S/C38H54O4Si/c1-7-8-16-24-38(6,42-43(37(3,4)5,30-18-11-9-12-19-30)31-20-13-10-14-21-31)25-23-32-33-27-29(2)40-35(33)28-34(32)41-36-22-15-17-26-39-36/h9-14,18-21,23,25,32-36H,2,7-8,15-17,22,24,26-28H2,1,3-6H3/b25-23+/t32-,33-,34-,35+,36?,38?/m1/s1. The summed E-state index contributed by atoms with van der Waals surface area (Å²) in [4.78, 5) is 0. The fraction of sp³-hybridized carbons (Fsp3) is 0.579. The Morgan fingerprint density at radius 2 is 1.63 bits per heavy atom. The highest BCUT2D eigenvalue weighted by molar-refractivity contribution is 6.99. The third-order valence-corrected chi connectivity index (χ3v) is 15.0. The molecular weight excluding hydrogens is 549 g/mol. The van der Waals surface area contributed by atoms with Gasteiger partial charge in [-0.1, -0.05) is 126 Å². The van der Waals surface area contributed by atoms with Crippen LogP contribution in [0, 0.1) is 11.8 Å². The van der Waals surface area contributed by atoms with Gasteiger partial charge in [-0.3, -0.25) is 0 Å². The summed E-state index contributed by atoms with van der Waals surface area (Å²) >= 11 is 0. The summed E-state index contributed by atoms with van der Waals surface area (Å²) in [6, 6.07) is 22.0. The lowest BCUT2D eigenvalue weighted by molar-refractivity contribution is -0.193.